The van der Waals surface area contributed by atoms with Crippen LogP contribution < -0.4 is 5.32 Å². The fourth-order valence-electron chi connectivity index (χ4n) is 3.34. The van der Waals surface area contributed by atoms with Crippen LogP contribution in [0.15, 0.2) is 54.6 Å². The lowest BCUT2D eigenvalue weighted by atomic mass is 10.0. The molecule has 0 aliphatic carbocycles. The average molecular weight is 385 g/mol. The minimum atomic E-state index is -0.727. The number of amides is 2. The number of carbonyl (C=O) groups is 2. The van der Waals surface area contributed by atoms with Gasteiger partial charge in [0.05, 0.1) is 12.6 Å². The maximum absolute atomic E-state index is 13.1. The molecule has 0 saturated heterocycles. The van der Waals surface area contributed by atoms with Crippen molar-refractivity contribution in [2.75, 3.05) is 18.6 Å². The minimum absolute atomic E-state index is 0.123. The van der Waals surface area contributed by atoms with Crippen LogP contribution in [0.3, 0.4) is 0 Å². The van der Waals surface area contributed by atoms with Crippen LogP contribution in [0.2, 0.25) is 0 Å². The van der Waals surface area contributed by atoms with Gasteiger partial charge in [-0.05, 0) is 35.6 Å². The third-order valence-corrected chi connectivity index (χ3v) is 5.41. The zero-order chi connectivity index (χ0) is 19.2. The van der Waals surface area contributed by atoms with Gasteiger partial charge in [0.15, 0.2) is 0 Å². The normalized spacial score (nSPS) is 15.3. The smallest absolute Gasteiger partial charge is 0.255 e. The molecule has 2 unspecified atom stereocenters. The highest BCUT2D eigenvalue weighted by atomic mass is 32.2. The molecule has 3 rings (SSSR count). The third-order valence-electron chi connectivity index (χ3n) is 4.76. The van der Waals surface area contributed by atoms with E-state index in [2.05, 4.69) is 5.32 Å². The van der Waals surface area contributed by atoms with Gasteiger partial charge in [0, 0.05) is 12.1 Å². The Bertz CT molecular complexity index is 797. The van der Waals surface area contributed by atoms with Crippen molar-refractivity contribution in [3.05, 3.63) is 71.3 Å². The van der Waals surface area contributed by atoms with E-state index >= 15 is 0 Å². The van der Waals surface area contributed by atoms with E-state index in [1.54, 1.807) is 22.7 Å². The summed E-state index contributed by atoms with van der Waals surface area (Å²) >= 11 is 1.67. The molecule has 0 aromatic heterocycles. The fraction of sp³-hybridized carbons (Fsp3) is 0.333. The van der Waals surface area contributed by atoms with Crippen molar-refractivity contribution in [3.63, 3.8) is 0 Å². The summed E-state index contributed by atoms with van der Waals surface area (Å²) in [7, 11) is 0. The van der Waals surface area contributed by atoms with E-state index in [0.29, 0.717) is 18.5 Å². The van der Waals surface area contributed by atoms with E-state index in [4.69, 9.17) is 0 Å². The van der Waals surface area contributed by atoms with Crippen LogP contribution in [0, 0.1) is 0 Å². The topological polar surface area (TPSA) is 69.6 Å². The predicted molar refractivity (Wildman–Crippen MR) is 108 cm³/mol. The summed E-state index contributed by atoms with van der Waals surface area (Å²) < 4.78 is 0. The Balaban J connectivity index is 1.87. The van der Waals surface area contributed by atoms with E-state index in [9.17, 15) is 14.7 Å². The SMILES string of the molecule is CSCCC(CO)NC(=O)C(c1ccccc1)N1Cc2ccccc2C1=O. The molecule has 1 aliphatic rings. The summed E-state index contributed by atoms with van der Waals surface area (Å²) in [6.07, 6.45) is 2.67. The Morgan fingerprint density at radius 1 is 1.19 bits per heavy atom. The van der Waals surface area contributed by atoms with E-state index < -0.39 is 6.04 Å². The molecule has 0 radical (unpaired) electrons. The van der Waals surface area contributed by atoms with Crippen LogP contribution in [-0.2, 0) is 11.3 Å². The molecular weight excluding hydrogens is 360 g/mol. The molecule has 2 aromatic rings. The first-order valence-corrected chi connectivity index (χ1v) is 10.4. The van der Waals surface area contributed by atoms with Gasteiger partial charge in [-0.2, -0.15) is 11.8 Å². The molecule has 2 atom stereocenters. The minimum Gasteiger partial charge on any atom is -0.394 e. The first kappa shape index (κ1) is 19.5. The number of aliphatic hydroxyl groups excluding tert-OH is 1. The van der Waals surface area contributed by atoms with Gasteiger partial charge in [0.2, 0.25) is 5.91 Å². The van der Waals surface area contributed by atoms with Crippen molar-refractivity contribution in [1.82, 2.24) is 10.2 Å². The first-order valence-electron chi connectivity index (χ1n) is 8.99. The lowest BCUT2D eigenvalue weighted by molar-refractivity contribution is -0.127. The number of fused-ring (bicyclic) bond motifs is 1. The molecule has 0 saturated carbocycles. The Morgan fingerprint density at radius 3 is 2.56 bits per heavy atom. The predicted octanol–water partition coefficient (Wildman–Crippen LogP) is 2.61. The zero-order valence-corrected chi connectivity index (χ0v) is 16.1. The maximum Gasteiger partial charge on any atom is 0.255 e. The Hall–Kier alpha value is -2.31. The van der Waals surface area contributed by atoms with E-state index in [0.717, 1.165) is 16.9 Å². The molecule has 142 valence electrons. The molecule has 27 heavy (non-hydrogen) atoms. The molecular formula is C21H24N2O3S. The second-order valence-corrected chi connectivity index (χ2v) is 7.56. The molecule has 2 amide bonds. The zero-order valence-electron chi connectivity index (χ0n) is 15.3. The van der Waals surface area contributed by atoms with Gasteiger partial charge in [0.25, 0.3) is 5.91 Å². The van der Waals surface area contributed by atoms with Crippen molar-refractivity contribution in [2.24, 2.45) is 0 Å². The lowest BCUT2D eigenvalue weighted by Gasteiger charge is -2.29. The van der Waals surface area contributed by atoms with Crippen LogP contribution in [0.4, 0.5) is 0 Å². The number of hydrogen-bond acceptors (Lipinski definition) is 4. The third kappa shape index (κ3) is 4.34. The van der Waals surface area contributed by atoms with Crippen LogP contribution in [0.25, 0.3) is 0 Å². The van der Waals surface area contributed by atoms with Crippen LogP contribution >= 0.6 is 11.8 Å². The standard InChI is InChI=1S/C21H24N2O3S/c1-27-12-11-17(14-24)22-20(25)19(15-7-3-2-4-8-15)23-13-16-9-5-6-10-18(16)21(23)26/h2-10,17,19,24H,11-14H2,1H3,(H,22,25). The van der Waals surface area contributed by atoms with Crippen molar-refractivity contribution in [1.29, 1.82) is 0 Å². The van der Waals surface area contributed by atoms with Gasteiger partial charge in [-0.3, -0.25) is 9.59 Å². The van der Waals surface area contributed by atoms with Gasteiger partial charge in [-0.15, -0.1) is 0 Å². The summed E-state index contributed by atoms with van der Waals surface area (Å²) in [4.78, 5) is 27.7. The Morgan fingerprint density at radius 2 is 1.89 bits per heavy atom. The number of thioether (sulfide) groups is 1. The molecule has 0 fully saturated rings. The molecule has 1 heterocycles. The number of rotatable bonds is 8. The second kappa shape index (κ2) is 9.06. The molecule has 2 N–H and O–H groups in total. The van der Waals surface area contributed by atoms with Gasteiger partial charge in [-0.25, -0.2) is 0 Å². The van der Waals surface area contributed by atoms with Gasteiger partial charge in [0.1, 0.15) is 6.04 Å². The van der Waals surface area contributed by atoms with Crippen molar-refractivity contribution >= 4 is 23.6 Å². The number of benzene rings is 2. The number of hydrogen-bond donors (Lipinski definition) is 2. The number of aliphatic hydroxyl groups is 1. The summed E-state index contributed by atoms with van der Waals surface area (Å²) in [5, 5.41) is 12.5. The highest BCUT2D eigenvalue weighted by Crippen LogP contribution is 2.31. The van der Waals surface area contributed by atoms with E-state index in [1.807, 2.05) is 54.8 Å². The van der Waals surface area contributed by atoms with Crippen LogP contribution in [0.1, 0.15) is 33.9 Å². The largest absolute Gasteiger partial charge is 0.394 e. The van der Waals surface area contributed by atoms with Gasteiger partial charge >= 0.3 is 0 Å². The second-order valence-electron chi connectivity index (χ2n) is 6.57. The van der Waals surface area contributed by atoms with Crippen molar-refractivity contribution in [3.8, 4) is 0 Å². The van der Waals surface area contributed by atoms with Crippen molar-refractivity contribution < 1.29 is 14.7 Å². The summed E-state index contributed by atoms with van der Waals surface area (Å²) in [5.74, 6) is 0.442. The van der Waals surface area contributed by atoms with Crippen LogP contribution in [0.5, 0.6) is 0 Å². The highest BCUT2D eigenvalue weighted by Gasteiger charge is 2.37. The molecule has 1 aliphatic heterocycles. The summed E-state index contributed by atoms with van der Waals surface area (Å²) in [5.41, 5.74) is 2.34. The average Bonchev–Trinajstić information content (AvgIpc) is 3.03. The lowest BCUT2D eigenvalue weighted by Crippen LogP contribution is -2.46. The van der Waals surface area contributed by atoms with Crippen LogP contribution in [-0.4, -0.2) is 46.5 Å². The monoisotopic (exact) mass is 384 g/mol. The summed E-state index contributed by atoms with van der Waals surface area (Å²) in [6.45, 7) is 0.276. The summed E-state index contributed by atoms with van der Waals surface area (Å²) in [6, 6.07) is 15.7. The number of nitrogens with one attached hydrogen (secondary N) is 1. The van der Waals surface area contributed by atoms with E-state index in [1.165, 1.54) is 0 Å². The van der Waals surface area contributed by atoms with Gasteiger partial charge in [-0.1, -0.05) is 48.5 Å². The maximum atomic E-state index is 13.1. The Kier molecular flexibility index (Phi) is 6.53. The highest BCUT2D eigenvalue weighted by molar-refractivity contribution is 7.98. The Labute approximate surface area is 163 Å². The molecule has 5 nitrogen and oxygen atoms in total. The quantitative estimate of drug-likeness (QED) is 0.734. The molecule has 0 spiro atoms. The molecule has 6 heteroatoms. The molecule has 0 bridgehead atoms. The van der Waals surface area contributed by atoms with E-state index in [-0.39, 0.29) is 24.5 Å². The first-order chi connectivity index (χ1) is 13.2. The fourth-order valence-corrected chi connectivity index (χ4v) is 3.86. The number of carbonyl (C=O) groups excluding carboxylic acids is 2. The van der Waals surface area contributed by atoms with Crippen molar-refractivity contribution in [2.45, 2.75) is 25.0 Å². The number of nitrogens with zero attached hydrogens (tertiary/aromatic N) is 1. The molecule has 2 aromatic carbocycles. The van der Waals surface area contributed by atoms with Gasteiger partial charge < -0.3 is 15.3 Å².